The molecule has 1 aromatic rings. The fourth-order valence-corrected chi connectivity index (χ4v) is 1.28. The summed E-state index contributed by atoms with van der Waals surface area (Å²) in [5.41, 5.74) is 0.624. The quantitative estimate of drug-likeness (QED) is 0.656. The molecule has 7 heteroatoms. The van der Waals surface area contributed by atoms with Gasteiger partial charge in [-0.15, -0.1) is 0 Å². The summed E-state index contributed by atoms with van der Waals surface area (Å²) in [6, 6.07) is 1.44. The molecule has 2 heterocycles. The normalized spacial score (nSPS) is 18.1. The van der Waals surface area contributed by atoms with E-state index in [4.69, 9.17) is 9.84 Å². The zero-order valence-corrected chi connectivity index (χ0v) is 8.35. The smallest absolute Gasteiger partial charge is 0.409 e. The number of aromatic nitrogens is 1. The summed E-state index contributed by atoms with van der Waals surface area (Å²) in [4.78, 5) is 25.6. The second-order valence-corrected chi connectivity index (χ2v) is 3.26. The maximum Gasteiger partial charge on any atom is 0.409 e. The van der Waals surface area contributed by atoms with E-state index >= 15 is 0 Å². The van der Waals surface area contributed by atoms with Gasteiger partial charge in [0.05, 0.1) is 11.9 Å². The molecule has 2 rings (SSSR count). The number of nitrogens with zero attached hydrogens (tertiary/aromatic N) is 1. The lowest BCUT2D eigenvalue weighted by atomic mass is 10.2. The monoisotopic (exact) mass is 223 g/mol. The highest BCUT2D eigenvalue weighted by molar-refractivity contribution is 5.98. The number of carbonyl (C=O) groups is 2. The first-order valence-electron chi connectivity index (χ1n) is 4.54. The lowest BCUT2D eigenvalue weighted by Gasteiger charge is -2.22. The highest BCUT2D eigenvalue weighted by Crippen LogP contribution is 2.29. The third kappa shape index (κ3) is 1.88. The molecule has 1 atom stereocenters. The topological polar surface area (TPSA) is 101 Å². The van der Waals surface area contributed by atoms with Crippen molar-refractivity contribution in [1.82, 2.24) is 4.98 Å². The molecule has 0 spiro atoms. The molecular formula is C9H9N3O4. The number of anilines is 2. The SMILES string of the molecule is CC1Oc2ncc(NC(=O)O)cc2NC1=O. The van der Waals surface area contributed by atoms with Crippen LogP contribution >= 0.6 is 0 Å². The van der Waals surface area contributed by atoms with E-state index in [1.54, 1.807) is 6.92 Å². The Balaban J connectivity index is 2.29. The minimum atomic E-state index is -1.20. The molecule has 1 aliphatic heterocycles. The van der Waals surface area contributed by atoms with Gasteiger partial charge in [-0.3, -0.25) is 10.1 Å². The van der Waals surface area contributed by atoms with Crippen LogP contribution in [-0.2, 0) is 4.79 Å². The van der Waals surface area contributed by atoms with Gasteiger partial charge >= 0.3 is 6.09 Å². The Morgan fingerprint density at radius 1 is 1.69 bits per heavy atom. The van der Waals surface area contributed by atoms with E-state index in [0.29, 0.717) is 5.69 Å². The highest BCUT2D eigenvalue weighted by atomic mass is 16.5. The zero-order chi connectivity index (χ0) is 11.7. The van der Waals surface area contributed by atoms with Gasteiger partial charge in [0.1, 0.15) is 5.69 Å². The largest absolute Gasteiger partial charge is 0.465 e. The van der Waals surface area contributed by atoms with Crippen LogP contribution in [0.2, 0.25) is 0 Å². The maximum absolute atomic E-state index is 11.3. The van der Waals surface area contributed by atoms with Crippen LogP contribution in [0, 0.1) is 0 Å². The second-order valence-electron chi connectivity index (χ2n) is 3.26. The number of carbonyl (C=O) groups excluding carboxylic acids is 1. The van der Waals surface area contributed by atoms with E-state index in [0.717, 1.165) is 0 Å². The molecule has 0 aliphatic carbocycles. The number of hydrogen-bond acceptors (Lipinski definition) is 4. The molecule has 0 fully saturated rings. The van der Waals surface area contributed by atoms with E-state index in [-0.39, 0.29) is 17.5 Å². The van der Waals surface area contributed by atoms with Crippen molar-refractivity contribution in [3.8, 4) is 5.88 Å². The predicted molar refractivity (Wildman–Crippen MR) is 54.6 cm³/mol. The van der Waals surface area contributed by atoms with Gasteiger partial charge in [-0.25, -0.2) is 9.78 Å². The fraction of sp³-hybridized carbons (Fsp3) is 0.222. The van der Waals surface area contributed by atoms with E-state index in [2.05, 4.69) is 15.6 Å². The Kier molecular flexibility index (Phi) is 2.35. The number of ether oxygens (including phenoxy) is 1. The Bertz CT molecular complexity index is 460. The molecule has 16 heavy (non-hydrogen) atoms. The van der Waals surface area contributed by atoms with Gasteiger partial charge in [-0.2, -0.15) is 0 Å². The van der Waals surface area contributed by atoms with Crippen LogP contribution in [0.1, 0.15) is 6.92 Å². The molecule has 3 N–H and O–H groups in total. The van der Waals surface area contributed by atoms with Crippen LogP contribution in [0.3, 0.4) is 0 Å². The Morgan fingerprint density at radius 2 is 2.44 bits per heavy atom. The van der Waals surface area contributed by atoms with Crippen molar-refractivity contribution in [1.29, 1.82) is 0 Å². The van der Waals surface area contributed by atoms with Gasteiger partial charge < -0.3 is 15.2 Å². The van der Waals surface area contributed by atoms with Crippen LogP contribution in [0.15, 0.2) is 12.3 Å². The lowest BCUT2D eigenvalue weighted by Crippen LogP contribution is -2.34. The Labute approximate surface area is 90.4 Å². The molecule has 1 aromatic heterocycles. The highest BCUT2D eigenvalue weighted by Gasteiger charge is 2.24. The second kappa shape index (κ2) is 3.69. The van der Waals surface area contributed by atoms with E-state index in [9.17, 15) is 9.59 Å². The van der Waals surface area contributed by atoms with Gasteiger partial charge in [-0.05, 0) is 13.0 Å². The maximum atomic E-state index is 11.3. The molecule has 0 aromatic carbocycles. The predicted octanol–water partition coefficient (Wildman–Crippen LogP) is 0.891. The van der Waals surface area contributed by atoms with Crippen LogP contribution in [0.4, 0.5) is 16.2 Å². The Hall–Kier alpha value is -2.31. The first-order chi connectivity index (χ1) is 7.56. The number of nitrogens with one attached hydrogen (secondary N) is 2. The van der Waals surface area contributed by atoms with Crippen molar-refractivity contribution in [2.24, 2.45) is 0 Å². The summed E-state index contributed by atoms with van der Waals surface area (Å²) in [6.07, 6.45) is -0.478. The molecular weight excluding hydrogens is 214 g/mol. The van der Waals surface area contributed by atoms with Crippen molar-refractivity contribution >= 4 is 23.4 Å². The summed E-state index contributed by atoms with van der Waals surface area (Å²) in [5, 5.41) is 13.2. The number of rotatable bonds is 1. The zero-order valence-electron chi connectivity index (χ0n) is 8.35. The molecule has 7 nitrogen and oxygen atoms in total. The average Bonchev–Trinajstić information content (AvgIpc) is 2.19. The number of fused-ring (bicyclic) bond motifs is 1. The third-order valence-corrected chi connectivity index (χ3v) is 2.02. The number of carboxylic acid groups (broad SMARTS) is 1. The summed E-state index contributed by atoms with van der Waals surface area (Å²) in [6.45, 7) is 1.60. The molecule has 1 aliphatic rings. The first-order valence-corrected chi connectivity index (χ1v) is 4.54. The standard InChI is InChI=1S/C9H9N3O4/c1-4-7(13)12-6-2-5(11-9(14)15)3-10-8(6)16-4/h2-4,11H,1H3,(H,12,13)(H,14,15). The minimum absolute atomic E-state index is 0.268. The van der Waals surface area contributed by atoms with Gasteiger partial charge in [0.25, 0.3) is 5.91 Å². The summed E-state index contributed by atoms with van der Waals surface area (Å²) >= 11 is 0. The molecule has 0 saturated carbocycles. The van der Waals surface area contributed by atoms with Crippen LogP contribution in [-0.4, -0.2) is 28.2 Å². The average molecular weight is 223 g/mol. The van der Waals surface area contributed by atoms with Crippen LogP contribution in [0.25, 0.3) is 0 Å². The van der Waals surface area contributed by atoms with Gasteiger partial charge in [0.15, 0.2) is 6.10 Å². The van der Waals surface area contributed by atoms with Crippen molar-refractivity contribution < 1.29 is 19.4 Å². The summed E-state index contributed by atoms with van der Waals surface area (Å²) in [7, 11) is 0. The van der Waals surface area contributed by atoms with Crippen molar-refractivity contribution in [3.63, 3.8) is 0 Å². The third-order valence-electron chi connectivity index (χ3n) is 2.02. The fourth-order valence-electron chi connectivity index (χ4n) is 1.28. The van der Waals surface area contributed by atoms with Crippen molar-refractivity contribution in [3.05, 3.63) is 12.3 Å². The Morgan fingerprint density at radius 3 is 3.12 bits per heavy atom. The van der Waals surface area contributed by atoms with Gasteiger partial charge in [-0.1, -0.05) is 0 Å². The number of hydrogen-bond donors (Lipinski definition) is 3. The molecule has 1 unspecified atom stereocenters. The molecule has 0 radical (unpaired) electrons. The lowest BCUT2D eigenvalue weighted by molar-refractivity contribution is -0.122. The van der Waals surface area contributed by atoms with E-state index in [1.165, 1.54) is 12.3 Å². The molecule has 2 amide bonds. The van der Waals surface area contributed by atoms with Gasteiger partial charge in [0, 0.05) is 0 Å². The molecule has 0 saturated heterocycles. The van der Waals surface area contributed by atoms with Crippen molar-refractivity contribution in [2.45, 2.75) is 13.0 Å². The summed E-state index contributed by atoms with van der Waals surface area (Å²) in [5.74, 6) is -0.00943. The van der Waals surface area contributed by atoms with Crippen LogP contribution in [0.5, 0.6) is 5.88 Å². The summed E-state index contributed by atoms with van der Waals surface area (Å²) < 4.78 is 5.21. The minimum Gasteiger partial charge on any atom is -0.465 e. The molecule has 0 bridgehead atoms. The number of pyridine rings is 1. The molecule has 84 valence electrons. The number of amides is 2. The van der Waals surface area contributed by atoms with Crippen LogP contribution < -0.4 is 15.4 Å². The van der Waals surface area contributed by atoms with E-state index in [1.807, 2.05) is 0 Å². The van der Waals surface area contributed by atoms with Crippen molar-refractivity contribution in [2.75, 3.05) is 10.6 Å². The van der Waals surface area contributed by atoms with E-state index < -0.39 is 12.2 Å². The first kappa shape index (κ1) is 10.2. The van der Waals surface area contributed by atoms with Gasteiger partial charge in [0.2, 0.25) is 5.88 Å².